The minimum Gasteiger partial charge on any atom is -0.477 e. The third kappa shape index (κ3) is 1.62. The monoisotopic (exact) mass is 237 g/mol. The molecule has 3 aliphatic rings. The molecule has 0 unspecified atom stereocenters. The molecule has 2 heterocycles. The molecule has 96 valence electrons. The van der Waals surface area contributed by atoms with Gasteiger partial charge in [0.2, 0.25) is 5.90 Å². The van der Waals surface area contributed by atoms with Crippen LogP contribution in [0.25, 0.3) is 0 Å². The van der Waals surface area contributed by atoms with E-state index in [1.807, 2.05) is 0 Å². The Hall–Kier alpha value is -0.570. The van der Waals surface area contributed by atoms with Crippen molar-refractivity contribution >= 4 is 5.90 Å². The quantitative estimate of drug-likeness (QED) is 0.692. The molecular weight excluding hydrogens is 214 g/mol. The fourth-order valence-corrected chi connectivity index (χ4v) is 3.30. The SMILES string of the molecule is CC(C)[C@H]1COC([C@@]2(C)OC23CCCCC3)=N1. The van der Waals surface area contributed by atoms with E-state index in [1.165, 1.54) is 32.1 Å². The highest BCUT2D eigenvalue weighted by Crippen LogP contribution is 2.57. The lowest BCUT2D eigenvalue weighted by molar-refractivity contribution is 0.225. The zero-order valence-corrected chi connectivity index (χ0v) is 11.2. The molecule has 3 rings (SSSR count). The first-order valence-electron chi connectivity index (χ1n) is 6.99. The zero-order chi connectivity index (χ0) is 12.1. The predicted octanol–water partition coefficient (Wildman–Crippen LogP) is 2.93. The maximum Gasteiger partial charge on any atom is 0.219 e. The van der Waals surface area contributed by atoms with Crippen LogP contribution < -0.4 is 0 Å². The molecule has 0 amide bonds. The Kier molecular flexibility index (Phi) is 2.51. The largest absolute Gasteiger partial charge is 0.477 e. The lowest BCUT2D eigenvalue weighted by Gasteiger charge is -2.21. The lowest BCUT2D eigenvalue weighted by atomic mass is 9.80. The second-order valence-corrected chi connectivity index (χ2v) is 6.25. The van der Waals surface area contributed by atoms with E-state index in [0.717, 1.165) is 12.5 Å². The topological polar surface area (TPSA) is 34.1 Å². The first kappa shape index (κ1) is 11.5. The molecule has 1 aliphatic carbocycles. The van der Waals surface area contributed by atoms with Gasteiger partial charge in [0.25, 0.3) is 0 Å². The van der Waals surface area contributed by atoms with Crippen LogP contribution in [0.3, 0.4) is 0 Å². The minimum absolute atomic E-state index is 0.0654. The molecule has 2 aliphatic heterocycles. The van der Waals surface area contributed by atoms with Crippen LogP contribution in [0.5, 0.6) is 0 Å². The first-order valence-corrected chi connectivity index (χ1v) is 6.99. The van der Waals surface area contributed by atoms with E-state index in [-0.39, 0.29) is 11.2 Å². The number of hydrogen-bond acceptors (Lipinski definition) is 3. The van der Waals surface area contributed by atoms with Gasteiger partial charge in [0.05, 0.1) is 6.04 Å². The molecular formula is C14H23NO2. The van der Waals surface area contributed by atoms with Crippen LogP contribution in [0.4, 0.5) is 0 Å². The van der Waals surface area contributed by atoms with Crippen molar-refractivity contribution in [2.45, 2.75) is 70.1 Å². The molecule has 1 saturated carbocycles. The van der Waals surface area contributed by atoms with Gasteiger partial charge in [-0.25, -0.2) is 4.99 Å². The smallest absolute Gasteiger partial charge is 0.219 e. The van der Waals surface area contributed by atoms with Crippen molar-refractivity contribution in [3.8, 4) is 0 Å². The van der Waals surface area contributed by atoms with Crippen LogP contribution in [-0.4, -0.2) is 29.7 Å². The fourth-order valence-electron chi connectivity index (χ4n) is 3.30. The second-order valence-electron chi connectivity index (χ2n) is 6.25. The number of epoxide rings is 1. The number of nitrogens with zero attached hydrogens (tertiary/aromatic N) is 1. The molecule has 3 nitrogen and oxygen atoms in total. The molecule has 1 saturated heterocycles. The Morgan fingerprint density at radius 3 is 2.53 bits per heavy atom. The molecule has 0 aromatic heterocycles. The summed E-state index contributed by atoms with van der Waals surface area (Å²) in [6, 6.07) is 0.326. The summed E-state index contributed by atoms with van der Waals surface area (Å²) in [6.07, 6.45) is 6.28. The van der Waals surface area contributed by atoms with Crippen LogP contribution >= 0.6 is 0 Å². The highest BCUT2D eigenvalue weighted by atomic mass is 16.7. The van der Waals surface area contributed by atoms with Crippen molar-refractivity contribution in [2.24, 2.45) is 10.9 Å². The summed E-state index contributed by atoms with van der Waals surface area (Å²) in [5, 5.41) is 0. The molecule has 0 aromatic carbocycles. The lowest BCUT2D eigenvalue weighted by Crippen LogP contribution is -2.33. The maximum atomic E-state index is 6.09. The van der Waals surface area contributed by atoms with E-state index >= 15 is 0 Å². The highest BCUT2D eigenvalue weighted by Gasteiger charge is 2.71. The van der Waals surface area contributed by atoms with E-state index in [9.17, 15) is 0 Å². The van der Waals surface area contributed by atoms with Gasteiger partial charge in [0.1, 0.15) is 12.2 Å². The van der Waals surface area contributed by atoms with E-state index < -0.39 is 0 Å². The normalized spacial score (nSPS) is 39.3. The van der Waals surface area contributed by atoms with Crippen LogP contribution in [0.1, 0.15) is 52.9 Å². The molecule has 0 radical (unpaired) electrons. The Bertz CT molecular complexity index is 344. The molecule has 2 atom stereocenters. The van der Waals surface area contributed by atoms with E-state index in [2.05, 4.69) is 20.8 Å². The Labute approximate surface area is 104 Å². The standard InChI is InChI=1S/C14H23NO2/c1-10(2)11-9-16-12(15-11)13(3)14(17-13)7-5-4-6-8-14/h10-11H,4-9H2,1-3H3/t11-,13-/m1/s1. The van der Waals surface area contributed by atoms with E-state index in [0.29, 0.717) is 12.0 Å². The van der Waals surface area contributed by atoms with Gasteiger partial charge < -0.3 is 9.47 Å². The van der Waals surface area contributed by atoms with Crippen molar-refractivity contribution in [1.82, 2.24) is 0 Å². The number of aliphatic imine (C=N–C) groups is 1. The van der Waals surface area contributed by atoms with Gasteiger partial charge in [0, 0.05) is 0 Å². The zero-order valence-electron chi connectivity index (χ0n) is 11.2. The summed E-state index contributed by atoms with van der Waals surface area (Å²) >= 11 is 0. The van der Waals surface area contributed by atoms with Gasteiger partial charge in [0.15, 0.2) is 5.60 Å². The average Bonchev–Trinajstić information content (AvgIpc) is 2.72. The van der Waals surface area contributed by atoms with Gasteiger partial charge in [-0.05, 0) is 25.7 Å². The van der Waals surface area contributed by atoms with Crippen molar-refractivity contribution in [2.75, 3.05) is 6.61 Å². The summed E-state index contributed by atoms with van der Waals surface area (Å²) in [7, 11) is 0. The van der Waals surface area contributed by atoms with Crippen molar-refractivity contribution < 1.29 is 9.47 Å². The van der Waals surface area contributed by atoms with Crippen LogP contribution in [0, 0.1) is 5.92 Å². The van der Waals surface area contributed by atoms with Gasteiger partial charge in [-0.2, -0.15) is 0 Å². The summed E-state index contributed by atoms with van der Waals surface area (Å²) in [4.78, 5) is 4.74. The van der Waals surface area contributed by atoms with Crippen LogP contribution in [0.2, 0.25) is 0 Å². The van der Waals surface area contributed by atoms with Gasteiger partial charge >= 0.3 is 0 Å². The van der Waals surface area contributed by atoms with E-state index in [1.54, 1.807) is 0 Å². The Morgan fingerprint density at radius 2 is 1.94 bits per heavy atom. The van der Waals surface area contributed by atoms with Crippen molar-refractivity contribution in [3.05, 3.63) is 0 Å². The Balaban J connectivity index is 1.76. The number of ether oxygens (including phenoxy) is 2. The van der Waals surface area contributed by atoms with E-state index in [4.69, 9.17) is 14.5 Å². The van der Waals surface area contributed by atoms with Crippen LogP contribution in [-0.2, 0) is 9.47 Å². The molecule has 1 spiro atoms. The van der Waals surface area contributed by atoms with Gasteiger partial charge in [-0.1, -0.05) is 33.1 Å². The summed E-state index contributed by atoms with van der Waals surface area (Å²) < 4.78 is 11.9. The minimum atomic E-state index is -0.211. The Morgan fingerprint density at radius 1 is 1.24 bits per heavy atom. The third-order valence-electron chi connectivity index (χ3n) is 4.74. The molecule has 0 bridgehead atoms. The van der Waals surface area contributed by atoms with Crippen LogP contribution in [0.15, 0.2) is 4.99 Å². The predicted molar refractivity (Wildman–Crippen MR) is 67.3 cm³/mol. The highest BCUT2D eigenvalue weighted by molar-refractivity contribution is 5.90. The first-order chi connectivity index (χ1) is 8.07. The maximum absolute atomic E-state index is 6.09. The average molecular weight is 237 g/mol. The second kappa shape index (κ2) is 3.71. The van der Waals surface area contributed by atoms with Gasteiger partial charge in [-0.3, -0.25) is 0 Å². The summed E-state index contributed by atoms with van der Waals surface area (Å²) in [5.41, 5.74) is -0.146. The van der Waals surface area contributed by atoms with Crippen molar-refractivity contribution in [3.63, 3.8) is 0 Å². The summed E-state index contributed by atoms with van der Waals surface area (Å²) in [6.45, 7) is 7.31. The molecule has 2 fully saturated rings. The van der Waals surface area contributed by atoms with Gasteiger partial charge in [-0.15, -0.1) is 0 Å². The number of hydrogen-bond donors (Lipinski definition) is 0. The molecule has 17 heavy (non-hydrogen) atoms. The molecule has 3 heteroatoms. The number of rotatable bonds is 2. The third-order valence-corrected chi connectivity index (χ3v) is 4.74. The summed E-state index contributed by atoms with van der Waals surface area (Å²) in [5.74, 6) is 1.43. The van der Waals surface area contributed by atoms with Crippen molar-refractivity contribution in [1.29, 1.82) is 0 Å². The molecule has 0 aromatic rings. The molecule has 0 N–H and O–H groups in total. The fraction of sp³-hybridized carbons (Fsp3) is 0.929.